The summed E-state index contributed by atoms with van der Waals surface area (Å²) in [5.74, 6) is -0.112. The normalized spacial score (nSPS) is 20.4. The van der Waals surface area contributed by atoms with E-state index < -0.39 is 0 Å². The van der Waals surface area contributed by atoms with Gasteiger partial charge in [-0.3, -0.25) is 4.79 Å². The molecule has 0 saturated carbocycles. The molecule has 0 bridgehead atoms. The fourth-order valence-electron chi connectivity index (χ4n) is 2.03. The molecule has 0 spiro atoms. The maximum Gasteiger partial charge on any atom is 0.335 e. The Bertz CT molecular complexity index is 319. The zero-order valence-corrected chi connectivity index (χ0v) is 8.21. The molecule has 2 aliphatic heterocycles. The highest BCUT2D eigenvalue weighted by atomic mass is 16.5. The van der Waals surface area contributed by atoms with Crippen molar-refractivity contribution in [2.75, 3.05) is 13.2 Å². The zero-order chi connectivity index (χ0) is 10.1. The molecule has 0 radical (unpaired) electrons. The van der Waals surface area contributed by atoms with Gasteiger partial charge >= 0.3 is 5.97 Å². The predicted molar refractivity (Wildman–Crippen MR) is 49.2 cm³/mol. The molecule has 2 aliphatic rings. The van der Waals surface area contributed by atoms with E-state index in [1.165, 1.54) is 0 Å². The summed E-state index contributed by atoms with van der Waals surface area (Å²) >= 11 is 0. The quantitative estimate of drug-likeness (QED) is 0.613. The van der Waals surface area contributed by atoms with Gasteiger partial charge in [0, 0.05) is 18.7 Å². The lowest BCUT2D eigenvalue weighted by Crippen LogP contribution is -2.19. The van der Waals surface area contributed by atoms with Gasteiger partial charge in [0.15, 0.2) is 0 Å². The molecule has 2 heterocycles. The summed E-state index contributed by atoms with van der Waals surface area (Å²) in [6, 6.07) is 0. The molecule has 0 aromatic heterocycles. The van der Waals surface area contributed by atoms with Gasteiger partial charge in [-0.2, -0.15) is 0 Å². The molecular formula is C10H13NO3. The SMILES string of the molecule is CCOC(=O)C1=C2CCC(=O)N2CC1. The van der Waals surface area contributed by atoms with E-state index in [-0.39, 0.29) is 11.9 Å². The summed E-state index contributed by atoms with van der Waals surface area (Å²) < 4.78 is 4.93. The fraction of sp³-hybridized carbons (Fsp3) is 0.600. The lowest BCUT2D eigenvalue weighted by Gasteiger charge is -2.09. The molecule has 0 aliphatic carbocycles. The monoisotopic (exact) mass is 195 g/mol. The van der Waals surface area contributed by atoms with Gasteiger partial charge in [-0.15, -0.1) is 0 Å². The summed E-state index contributed by atoms with van der Waals surface area (Å²) in [6.45, 7) is 2.83. The number of fused-ring (bicyclic) bond motifs is 1. The van der Waals surface area contributed by atoms with Crippen LogP contribution in [0.2, 0.25) is 0 Å². The largest absolute Gasteiger partial charge is 0.463 e. The van der Waals surface area contributed by atoms with Crippen molar-refractivity contribution in [3.8, 4) is 0 Å². The molecule has 0 atom stereocenters. The Morgan fingerprint density at radius 2 is 2.21 bits per heavy atom. The third-order valence-electron chi connectivity index (χ3n) is 2.66. The van der Waals surface area contributed by atoms with Crippen molar-refractivity contribution in [1.82, 2.24) is 4.90 Å². The van der Waals surface area contributed by atoms with Gasteiger partial charge in [0.05, 0.1) is 12.2 Å². The number of esters is 1. The van der Waals surface area contributed by atoms with E-state index in [1.807, 2.05) is 0 Å². The highest BCUT2D eigenvalue weighted by molar-refractivity contribution is 5.93. The second kappa shape index (κ2) is 3.44. The first-order valence-electron chi connectivity index (χ1n) is 4.93. The molecule has 0 unspecified atom stereocenters. The third kappa shape index (κ3) is 1.31. The number of hydrogen-bond donors (Lipinski definition) is 0. The lowest BCUT2D eigenvalue weighted by atomic mass is 10.1. The van der Waals surface area contributed by atoms with E-state index in [4.69, 9.17) is 4.74 Å². The molecular weight excluding hydrogens is 182 g/mol. The summed E-state index contributed by atoms with van der Waals surface area (Å²) in [5, 5.41) is 0. The first-order valence-corrected chi connectivity index (χ1v) is 4.93. The molecule has 0 aromatic carbocycles. The second-order valence-corrected chi connectivity index (χ2v) is 3.44. The average Bonchev–Trinajstić information content (AvgIpc) is 2.69. The highest BCUT2D eigenvalue weighted by Crippen LogP contribution is 2.33. The van der Waals surface area contributed by atoms with Gasteiger partial charge < -0.3 is 9.64 Å². The summed E-state index contributed by atoms with van der Waals surface area (Å²) in [5.41, 5.74) is 1.60. The van der Waals surface area contributed by atoms with Crippen LogP contribution in [0.25, 0.3) is 0 Å². The molecule has 1 saturated heterocycles. The van der Waals surface area contributed by atoms with Crippen LogP contribution >= 0.6 is 0 Å². The molecule has 1 fully saturated rings. The molecule has 2 rings (SSSR count). The van der Waals surface area contributed by atoms with Crippen LogP contribution in [0.15, 0.2) is 11.3 Å². The maximum atomic E-state index is 11.5. The summed E-state index contributed by atoms with van der Waals surface area (Å²) in [6.07, 6.45) is 1.89. The van der Waals surface area contributed by atoms with Gasteiger partial charge in [0.1, 0.15) is 0 Å². The van der Waals surface area contributed by atoms with Crippen molar-refractivity contribution in [2.45, 2.75) is 26.2 Å². The van der Waals surface area contributed by atoms with Crippen molar-refractivity contribution < 1.29 is 14.3 Å². The highest BCUT2D eigenvalue weighted by Gasteiger charge is 2.35. The number of amides is 1. The molecule has 14 heavy (non-hydrogen) atoms. The molecule has 0 N–H and O–H groups in total. The Hall–Kier alpha value is -1.32. The minimum atomic E-state index is -0.250. The molecule has 4 nitrogen and oxygen atoms in total. The molecule has 4 heteroatoms. The number of carbonyl (C=O) groups is 2. The van der Waals surface area contributed by atoms with Crippen LogP contribution in [0.3, 0.4) is 0 Å². The van der Waals surface area contributed by atoms with Gasteiger partial charge in [-0.25, -0.2) is 4.79 Å². The standard InChI is InChI=1S/C10H13NO3/c1-2-14-10(13)7-5-6-11-8(7)3-4-9(11)12/h2-6H2,1H3. The van der Waals surface area contributed by atoms with Gasteiger partial charge in [-0.05, 0) is 19.8 Å². The second-order valence-electron chi connectivity index (χ2n) is 3.44. The van der Waals surface area contributed by atoms with Crippen LogP contribution in [0.5, 0.6) is 0 Å². The van der Waals surface area contributed by atoms with Crippen molar-refractivity contribution in [3.05, 3.63) is 11.3 Å². The average molecular weight is 195 g/mol. The summed E-state index contributed by atoms with van der Waals surface area (Å²) in [7, 11) is 0. The van der Waals surface area contributed by atoms with Crippen LogP contribution in [-0.4, -0.2) is 29.9 Å². The first kappa shape index (κ1) is 9.24. The van der Waals surface area contributed by atoms with Gasteiger partial charge in [0.25, 0.3) is 0 Å². The minimum Gasteiger partial charge on any atom is -0.463 e. The third-order valence-corrected chi connectivity index (χ3v) is 2.66. The number of rotatable bonds is 2. The fourth-order valence-corrected chi connectivity index (χ4v) is 2.03. The van der Waals surface area contributed by atoms with Crippen molar-refractivity contribution in [3.63, 3.8) is 0 Å². The maximum absolute atomic E-state index is 11.5. The minimum absolute atomic E-state index is 0.138. The van der Waals surface area contributed by atoms with E-state index >= 15 is 0 Å². The van der Waals surface area contributed by atoms with Crippen LogP contribution in [0, 0.1) is 0 Å². The Labute approximate surface area is 82.5 Å². The van der Waals surface area contributed by atoms with Crippen molar-refractivity contribution >= 4 is 11.9 Å². The van der Waals surface area contributed by atoms with E-state index in [2.05, 4.69) is 0 Å². The Kier molecular flexibility index (Phi) is 2.27. The van der Waals surface area contributed by atoms with Crippen LogP contribution in [0.1, 0.15) is 26.2 Å². The lowest BCUT2D eigenvalue weighted by molar-refractivity contribution is -0.138. The van der Waals surface area contributed by atoms with Crippen LogP contribution in [0.4, 0.5) is 0 Å². The van der Waals surface area contributed by atoms with Crippen molar-refractivity contribution in [1.29, 1.82) is 0 Å². The Morgan fingerprint density at radius 3 is 2.93 bits per heavy atom. The number of carbonyl (C=O) groups excluding carboxylic acids is 2. The van der Waals surface area contributed by atoms with Crippen LogP contribution in [-0.2, 0) is 14.3 Å². The molecule has 76 valence electrons. The number of hydrogen-bond acceptors (Lipinski definition) is 3. The van der Waals surface area contributed by atoms with E-state index in [0.717, 1.165) is 5.70 Å². The zero-order valence-electron chi connectivity index (χ0n) is 8.21. The summed E-state index contributed by atoms with van der Waals surface area (Å²) in [4.78, 5) is 24.5. The van der Waals surface area contributed by atoms with Crippen molar-refractivity contribution in [2.24, 2.45) is 0 Å². The predicted octanol–water partition coefficient (Wildman–Crippen LogP) is 0.830. The number of ether oxygens (including phenoxy) is 1. The topological polar surface area (TPSA) is 46.6 Å². The Morgan fingerprint density at radius 1 is 1.43 bits per heavy atom. The molecule has 1 amide bonds. The first-order chi connectivity index (χ1) is 6.74. The molecule has 0 aromatic rings. The van der Waals surface area contributed by atoms with Crippen LogP contribution < -0.4 is 0 Å². The van der Waals surface area contributed by atoms with Gasteiger partial charge in [0.2, 0.25) is 5.91 Å². The smallest absolute Gasteiger partial charge is 0.335 e. The Balaban J connectivity index is 2.20. The van der Waals surface area contributed by atoms with E-state index in [9.17, 15) is 9.59 Å². The number of allylic oxidation sites excluding steroid dienone is 1. The van der Waals surface area contributed by atoms with E-state index in [0.29, 0.717) is 38.0 Å². The van der Waals surface area contributed by atoms with E-state index in [1.54, 1.807) is 11.8 Å². The van der Waals surface area contributed by atoms with Gasteiger partial charge in [-0.1, -0.05) is 0 Å². The number of nitrogens with zero attached hydrogens (tertiary/aromatic N) is 1.